The first-order chi connectivity index (χ1) is 16.4. The number of para-hydroxylation sites is 1. The first kappa shape index (κ1) is 22.5. The van der Waals surface area contributed by atoms with Crippen LogP contribution in [0.1, 0.15) is 32.8 Å². The molecule has 9 heteroatoms. The molecule has 3 aliphatic heterocycles. The number of thioether (sulfide) groups is 1. The van der Waals surface area contributed by atoms with E-state index in [1.54, 1.807) is 30.0 Å². The third kappa shape index (κ3) is 4.27. The van der Waals surface area contributed by atoms with Crippen molar-refractivity contribution in [1.29, 1.82) is 0 Å². The van der Waals surface area contributed by atoms with Gasteiger partial charge in [-0.1, -0.05) is 37.7 Å². The molecule has 2 aromatic carbocycles. The molecule has 2 atom stereocenters. The van der Waals surface area contributed by atoms with Crippen LogP contribution in [-0.4, -0.2) is 52.2 Å². The predicted octanol–water partition coefficient (Wildman–Crippen LogP) is 4.22. The van der Waals surface area contributed by atoms with Gasteiger partial charge in [-0.05, 0) is 43.5 Å². The highest BCUT2D eigenvalue weighted by molar-refractivity contribution is 8.15. The fraction of sp³-hybridized carbons (Fsp3) is 0.360. The second-order valence-corrected chi connectivity index (χ2v) is 10.1. The molecule has 2 amide bonds. The number of amidine groups is 2. The Morgan fingerprint density at radius 3 is 2.71 bits per heavy atom. The lowest BCUT2D eigenvalue weighted by atomic mass is 10.0. The van der Waals surface area contributed by atoms with Crippen LogP contribution in [0.2, 0.25) is 0 Å². The number of hydrogen-bond acceptors (Lipinski definition) is 7. The number of anilines is 1. The first-order valence-electron chi connectivity index (χ1n) is 11.4. The molecule has 1 N–H and O–H groups in total. The van der Waals surface area contributed by atoms with Gasteiger partial charge in [0.05, 0.1) is 10.9 Å². The van der Waals surface area contributed by atoms with Gasteiger partial charge in [-0.15, -0.1) is 0 Å². The monoisotopic (exact) mass is 478 g/mol. The molecule has 34 heavy (non-hydrogen) atoms. The summed E-state index contributed by atoms with van der Waals surface area (Å²) >= 11 is 1.25. The number of ether oxygens (including phenoxy) is 2. The van der Waals surface area contributed by atoms with Gasteiger partial charge >= 0.3 is 0 Å². The van der Waals surface area contributed by atoms with E-state index in [0.717, 1.165) is 11.3 Å². The lowest BCUT2D eigenvalue weighted by molar-refractivity contribution is -0.125. The Bertz CT molecular complexity index is 1210. The predicted molar refractivity (Wildman–Crippen MR) is 133 cm³/mol. The van der Waals surface area contributed by atoms with Gasteiger partial charge in [0.25, 0.3) is 5.91 Å². The van der Waals surface area contributed by atoms with Crippen LogP contribution in [0.3, 0.4) is 0 Å². The van der Waals surface area contributed by atoms with E-state index in [1.807, 2.05) is 24.3 Å². The smallest absolute Gasteiger partial charge is 0.259 e. The van der Waals surface area contributed by atoms with Crippen molar-refractivity contribution in [3.63, 3.8) is 0 Å². The summed E-state index contributed by atoms with van der Waals surface area (Å²) in [5, 5.41) is 2.89. The first-order valence-corrected chi connectivity index (χ1v) is 12.3. The Morgan fingerprint density at radius 1 is 1.15 bits per heavy atom. The number of benzene rings is 2. The van der Waals surface area contributed by atoms with Crippen LogP contribution >= 0.6 is 11.8 Å². The Kier molecular flexibility index (Phi) is 6.03. The lowest BCUT2D eigenvalue weighted by Crippen LogP contribution is -2.42. The molecule has 0 spiro atoms. The van der Waals surface area contributed by atoms with Crippen LogP contribution in [-0.2, 0) is 9.59 Å². The molecular weight excluding hydrogens is 452 g/mol. The maximum absolute atomic E-state index is 13.3. The third-order valence-electron chi connectivity index (χ3n) is 5.70. The summed E-state index contributed by atoms with van der Waals surface area (Å²) in [5.74, 6) is 1.92. The summed E-state index contributed by atoms with van der Waals surface area (Å²) in [6, 6.07) is 12.5. The number of nitrogens with zero attached hydrogens (tertiary/aromatic N) is 3. The molecule has 0 aliphatic carbocycles. The van der Waals surface area contributed by atoms with Crippen molar-refractivity contribution in [3.05, 3.63) is 48.0 Å². The zero-order chi connectivity index (χ0) is 23.8. The molecule has 0 fully saturated rings. The van der Waals surface area contributed by atoms with Crippen molar-refractivity contribution in [2.45, 2.75) is 38.5 Å². The van der Waals surface area contributed by atoms with E-state index in [1.165, 1.54) is 11.8 Å². The normalized spacial score (nSPS) is 19.2. The van der Waals surface area contributed by atoms with E-state index in [0.29, 0.717) is 53.7 Å². The molecule has 0 saturated heterocycles. The van der Waals surface area contributed by atoms with Gasteiger partial charge in [-0.2, -0.15) is 0 Å². The molecule has 176 valence electrons. The standard InChI is InChI=1S/C25H26N4O4S/c1-14(2)12-19-24(31)29-22(27-19)17-6-4-5-7-18(17)28-25(29)34-15(3)23(30)26-16-8-9-20-21(13-16)33-11-10-32-20/h4-9,13-15,19H,10-12H2,1-3H3,(H,26,30)/t15-,19+/m0/s1. The highest BCUT2D eigenvalue weighted by Crippen LogP contribution is 2.36. The minimum absolute atomic E-state index is 0.0936. The van der Waals surface area contributed by atoms with Crippen LogP contribution in [0, 0.1) is 5.92 Å². The van der Waals surface area contributed by atoms with Crippen molar-refractivity contribution in [1.82, 2.24) is 4.90 Å². The number of fused-ring (bicyclic) bond motifs is 4. The van der Waals surface area contributed by atoms with Crippen LogP contribution in [0.4, 0.5) is 11.4 Å². The molecule has 3 aliphatic rings. The highest BCUT2D eigenvalue weighted by atomic mass is 32.2. The van der Waals surface area contributed by atoms with Crippen LogP contribution < -0.4 is 14.8 Å². The molecule has 8 nitrogen and oxygen atoms in total. The molecule has 0 radical (unpaired) electrons. The zero-order valence-corrected chi connectivity index (χ0v) is 20.1. The molecule has 0 saturated carbocycles. The van der Waals surface area contributed by atoms with E-state index in [2.05, 4.69) is 19.2 Å². The van der Waals surface area contributed by atoms with Gasteiger partial charge < -0.3 is 14.8 Å². The van der Waals surface area contributed by atoms with Gasteiger partial charge in [0, 0.05) is 17.3 Å². The van der Waals surface area contributed by atoms with Crippen LogP contribution in [0.15, 0.2) is 52.4 Å². The van der Waals surface area contributed by atoms with Gasteiger partial charge in [0.1, 0.15) is 25.1 Å². The average Bonchev–Trinajstić information content (AvgIpc) is 3.15. The van der Waals surface area contributed by atoms with Crippen molar-refractivity contribution in [3.8, 4) is 11.5 Å². The highest BCUT2D eigenvalue weighted by Gasteiger charge is 2.42. The Hall–Kier alpha value is -3.33. The van der Waals surface area contributed by atoms with Gasteiger partial charge in [-0.3, -0.25) is 14.6 Å². The van der Waals surface area contributed by atoms with Gasteiger partial charge in [-0.25, -0.2) is 9.89 Å². The quantitative estimate of drug-likeness (QED) is 0.695. The van der Waals surface area contributed by atoms with E-state index < -0.39 is 11.3 Å². The second kappa shape index (κ2) is 9.13. The Labute approximate surface area is 202 Å². The van der Waals surface area contributed by atoms with E-state index in [4.69, 9.17) is 19.5 Å². The van der Waals surface area contributed by atoms with Crippen molar-refractivity contribution >= 4 is 46.0 Å². The minimum atomic E-state index is -0.504. The number of nitrogens with one attached hydrogen (secondary N) is 1. The van der Waals surface area contributed by atoms with Crippen molar-refractivity contribution < 1.29 is 19.1 Å². The SMILES string of the molecule is CC(C)C[C@H]1N=C2c3ccccc3N=C(S[C@@H](C)C(=O)Nc3ccc4c(c3)OCCO4)N2C1=O. The van der Waals surface area contributed by atoms with E-state index in [-0.39, 0.29) is 11.8 Å². The van der Waals surface area contributed by atoms with Crippen molar-refractivity contribution in [2.24, 2.45) is 15.9 Å². The largest absolute Gasteiger partial charge is 0.486 e. The fourth-order valence-electron chi connectivity index (χ4n) is 4.06. The fourth-order valence-corrected chi connectivity index (χ4v) is 4.97. The third-order valence-corrected chi connectivity index (χ3v) is 6.76. The number of amides is 2. The number of carbonyl (C=O) groups excluding carboxylic acids is 2. The van der Waals surface area contributed by atoms with E-state index >= 15 is 0 Å². The van der Waals surface area contributed by atoms with Gasteiger partial charge in [0.2, 0.25) is 5.91 Å². The summed E-state index contributed by atoms with van der Waals surface area (Å²) in [6.07, 6.45) is 0.666. The molecule has 0 aromatic heterocycles. The molecule has 5 rings (SSSR count). The summed E-state index contributed by atoms with van der Waals surface area (Å²) in [7, 11) is 0. The van der Waals surface area contributed by atoms with Crippen LogP contribution in [0.25, 0.3) is 0 Å². The molecule has 0 bridgehead atoms. The zero-order valence-electron chi connectivity index (χ0n) is 19.3. The summed E-state index contributed by atoms with van der Waals surface area (Å²) in [4.78, 5) is 37.3. The number of hydrogen-bond donors (Lipinski definition) is 1. The average molecular weight is 479 g/mol. The number of rotatable bonds is 5. The minimum Gasteiger partial charge on any atom is -0.486 e. The van der Waals surface area contributed by atoms with Crippen molar-refractivity contribution in [2.75, 3.05) is 18.5 Å². The Balaban J connectivity index is 1.36. The number of aliphatic imine (C=N–C) groups is 2. The van der Waals surface area contributed by atoms with Crippen LogP contribution in [0.5, 0.6) is 11.5 Å². The Morgan fingerprint density at radius 2 is 1.91 bits per heavy atom. The maximum Gasteiger partial charge on any atom is 0.259 e. The molecule has 3 heterocycles. The molecule has 2 aromatic rings. The summed E-state index contributed by atoms with van der Waals surface area (Å²) < 4.78 is 11.1. The molecular formula is C25H26N4O4S. The number of carbonyl (C=O) groups is 2. The maximum atomic E-state index is 13.3. The topological polar surface area (TPSA) is 92.6 Å². The second-order valence-electron chi connectivity index (χ2n) is 8.79. The van der Waals surface area contributed by atoms with E-state index in [9.17, 15) is 9.59 Å². The summed E-state index contributed by atoms with van der Waals surface area (Å²) in [6.45, 7) is 6.93. The molecule has 0 unspecified atom stereocenters. The summed E-state index contributed by atoms with van der Waals surface area (Å²) in [5.41, 5.74) is 2.20. The lowest BCUT2D eigenvalue weighted by Gasteiger charge is -2.27. The van der Waals surface area contributed by atoms with Gasteiger partial charge in [0.15, 0.2) is 16.7 Å².